The van der Waals surface area contributed by atoms with Gasteiger partial charge >= 0.3 is 0 Å². The van der Waals surface area contributed by atoms with E-state index in [2.05, 4.69) is 42.0 Å². The van der Waals surface area contributed by atoms with E-state index < -0.39 is 0 Å². The number of rotatable bonds is 13. The number of nitrogens with zero attached hydrogens (tertiary/aromatic N) is 2. The maximum Gasteiger partial charge on any atom is 0.222 e. The quantitative estimate of drug-likeness (QED) is 0.303. The van der Waals surface area contributed by atoms with Crippen LogP contribution in [0.1, 0.15) is 84.1 Å². The van der Waals surface area contributed by atoms with Gasteiger partial charge in [0.1, 0.15) is 12.0 Å². The maximum absolute atomic E-state index is 13.3. The second-order valence-electron chi connectivity index (χ2n) is 11.6. The molecule has 3 atom stereocenters. The molecule has 1 saturated carbocycles. The topological polar surface area (TPSA) is 72.9 Å². The Balaban J connectivity index is 1.50. The summed E-state index contributed by atoms with van der Waals surface area (Å²) in [6.07, 6.45) is 10.1. The molecule has 3 rings (SSSR count). The van der Waals surface area contributed by atoms with Crippen molar-refractivity contribution in [2.75, 3.05) is 39.3 Å². The van der Waals surface area contributed by atoms with Crippen LogP contribution in [0.2, 0.25) is 0 Å². The molecule has 1 aromatic carbocycles. The molecule has 0 bridgehead atoms. The van der Waals surface area contributed by atoms with E-state index in [-0.39, 0.29) is 5.41 Å². The van der Waals surface area contributed by atoms with E-state index in [1.54, 1.807) is 6.07 Å². The normalized spacial score (nSPS) is 24.4. The minimum atomic E-state index is 0.0599. The summed E-state index contributed by atoms with van der Waals surface area (Å²) in [6.45, 7) is 12.2. The number of benzene rings is 1. The molecular formula is C30H49N3O3. The Kier molecular flexibility index (Phi) is 11.2. The first-order valence-corrected chi connectivity index (χ1v) is 14.3. The fourth-order valence-corrected chi connectivity index (χ4v) is 6.07. The summed E-state index contributed by atoms with van der Waals surface area (Å²) in [6, 6.07) is 8.16. The number of likely N-dealkylation sites (tertiary alicyclic amines) is 1. The summed E-state index contributed by atoms with van der Waals surface area (Å²) in [5.41, 5.74) is 1.28. The van der Waals surface area contributed by atoms with Gasteiger partial charge in [-0.05, 0) is 80.3 Å². The van der Waals surface area contributed by atoms with Crippen LogP contribution in [0.5, 0.6) is 5.75 Å². The first kappa shape index (κ1) is 28.6. The average molecular weight is 500 g/mol. The third-order valence-electron chi connectivity index (χ3n) is 8.80. The Labute approximate surface area is 218 Å². The van der Waals surface area contributed by atoms with Crippen LogP contribution in [0.3, 0.4) is 0 Å². The smallest absolute Gasteiger partial charge is 0.222 e. The molecule has 0 aromatic heterocycles. The van der Waals surface area contributed by atoms with E-state index in [4.69, 9.17) is 0 Å². The van der Waals surface area contributed by atoms with Crippen molar-refractivity contribution in [3.63, 3.8) is 0 Å². The molecular weight excluding hydrogens is 450 g/mol. The Morgan fingerprint density at radius 3 is 2.78 bits per heavy atom. The molecule has 1 aliphatic carbocycles. The SMILES string of the molecule is CC(CC=O)CNCCCC(=O)N(CCN1CC[C@](C)(c2cccc(O)c2)[C@@H](C)C1)C1CCCCC1. The zero-order chi connectivity index (χ0) is 26.0. The molecule has 6 nitrogen and oxygen atoms in total. The Bertz CT molecular complexity index is 825. The van der Waals surface area contributed by atoms with E-state index in [1.807, 2.05) is 12.1 Å². The molecule has 2 aliphatic rings. The van der Waals surface area contributed by atoms with E-state index in [1.165, 1.54) is 24.8 Å². The second kappa shape index (κ2) is 14.1. The molecule has 36 heavy (non-hydrogen) atoms. The monoisotopic (exact) mass is 499 g/mol. The van der Waals surface area contributed by atoms with Crippen molar-refractivity contribution >= 4 is 12.2 Å². The molecule has 2 fully saturated rings. The number of carbonyl (C=O) groups excluding carboxylic acids is 2. The third-order valence-corrected chi connectivity index (χ3v) is 8.80. The number of aldehydes is 1. The van der Waals surface area contributed by atoms with Gasteiger partial charge < -0.3 is 25.0 Å². The maximum atomic E-state index is 13.3. The zero-order valence-corrected chi connectivity index (χ0v) is 22.9. The Hall–Kier alpha value is -1.92. The number of hydrogen-bond acceptors (Lipinski definition) is 5. The lowest BCUT2D eigenvalue weighted by atomic mass is 9.68. The van der Waals surface area contributed by atoms with E-state index in [0.29, 0.717) is 42.4 Å². The Morgan fingerprint density at radius 1 is 1.31 bits per heavy atom. The molecule has 1 amide bonds. The second-order valence-corrected chi connectivity index (χ2v) is 11.6. The van der Waals surface area contributed by atoms with Crippen LogP contribution in [0.25, 0.3) is 0 Å². The van der Waals surface area contributed by atoms with Gasteiger partial charge in [-0.15, -0.1) is 0 Å². The van der Waals surface area contributed by atoms with Gasteiger partial charge in [-0.3, -0.25) is 4.79 Å². The Morgan fingerprint density at radius 2 is 2.08 bits per heavy atom. The minimum Gasteiger partial charge on any atom is -0.508 e. The number of aromatic hydroxyl groups is 1. The summed E-state index contributed by atoms with van der Waals surface area (Å²) in [4.78, 5) is 28.7. The van der Waals surface area contributed by atoms with E-state index >= 15 is 0 Å². The molecule has 1 heterocycles. The predicted octanol–water partition coefficient (Wildman–Crippen LogP) is 4.75. The van der Waals surface area contributed by atoms with Crippen LogP contribution in [-0.2, 0) is 15.0 Å². The lowest BCUT2D eigenvalue weighted by molar-refractivity contribution is -0.134. The molecule has 1 aromatic rings. The molecule has 1 unspecified atom stereocenters. The number of nitrogens with one attached hydrogen (secondary N) is 1. The summed E-state index contributed by atoms with van der Waals surface area (Å²) in [5, 5.41) is 13.4. The summed E-state index contributed by atoms with van der Waals surface area (Å²) < 4.78 is 0. The molecule has 1 saturated heterocycles. The lowest BCUT2D eigenvalue weighted by Crippen LogP contribution is -2.51. The van der Waals surface area contributed by atoms with Crippen molar-refractivity contribution in [2.45, 2.75) is 90.0 Å². The van der Waals surface area contributed by atoms with Crippen LogP contribution >= 0.6 is 0 Å². The number of piperidine rings is 1. The molecule has 1 aliphatic heterocycles. The summed E-state index contributed by atoms with van der Waals surface area (Å²) >= 11 is 0. The fourth-order valence-electron chi connectivity index (χ4n) is 6.07. The van der Waals surface area contributed by atoms with Crippen molar-refractivity contribution in [3.8, 4) is 5.75 Å². The van der Waals surface area contributed by atoms with Crippen LogP contribution in [0.4, 0.5) is 0 Å². The van der Waals surface area contributed by atoms with Gasteiger partial charge in [-0.25, -0.2) is 0 Å². The lowest BCUT2D eigenvalue weighted by Gasteiger charge is -2.46. The van der Waals surface area contributed by atoms with Crippen molar-refractivity contribution in [1.29, 1.82) is 0 Å². The highest BCUT2D eigenvalue weighted by Crippen LogP contribution is 2.40. The first-order valence-electron chi connectivity index (χ1n) is 14.3. The van der Waals surface area contributed by atoms with Crippen LogP contribution in [0.15, 0.2) is 24.3 Å². The van der Waals surface area contributed by atoms with Gasteiger partial charge in [-0.2, -0.15) is 0 Å². The number of phenolic OH excluding ortho intramolecular Hbond substituents is 1. The molecule has 2 N–H and O–H groups in total. The van der Waals surface area contributed by atoms with Crippen LogP contribution in [-0.4, -0.2) is 72.4 Å². The zero-order valence-electron chi connectivity index (χ0n) is 22.9. The van der Waals surface area contributed by atoms with Crippen molar-refractivity contribution < 1.29 is 14.7 Å². The van der Waals surface area contributed by atoms with Gasteiger partial charge in [-0.1, -0.05) is 52.2 Å². The number of phenols is 1. The highest BCUT2D eigenvalue weighted by molar-refractivity contribution is 5.76. The standard InChI is InChI=1S/C30H49N3O3/c1-24(14-20-34)22-31-16-8-13-29(36)33(27-10-5-4-6-11-27)19-18-32-17-15-30(3,25(2)23-32)26-9-7-12-28(35)21-26/h7,9,12,20-21,24-25,27,31,35H,4-6,8,10-11,13-19,22-23H2,1-3H3/t24?,25-,30-/m0/s1. The fraction of sp³-hybridized carbons (Fsp3) is 0.733. The van der Waals surface area contributed by atoms with Crippen LogP contribution < -0.4 is 5.32 Å². The molecule has 202 valence electrons. The number of amides is 1. The van der Waals surface area contributed by atoms with Crippen molar-refractivity contribution in [3.05, 3.63) is 29.8 Å². The van der Waals surface area contributed by atoms with Crippen LogP contribution in [0, 0.1) is 11.8 Å². The first-order chi connectivity index (χ1) is 17.3. The van der Waals surface area contributed by atoms with Gasteiger partial charge in [0.2, 0.25) is 5.91 Å². The largest absolute Gasteiger partial charge is 0.508 e. The van der Waals surface area contributed by atoms with Gasteiger partial charge in [0.15, 0.2) is 0 Å². The highest BCUT2D eigenvalue weighted by Gasteiger charge is 2.38. The average Bonchev–Trinajstić information content (AvgIpc) is 2.87. The van der Waals surface area contributed by atoms with Gasteiger partial charge in [0.05, 0.1) is 0 Å². The van der Waals surface area contributed by atoms with Gasteiger partial charge in [0, 0.05) is 38.5 Å². The highest BCUT2D eigenvalue weighted by atomic mass is 16.3. The minimum absolute atomic E-state index is 0.0599. The van der Waals surface area contributed by atoms with Crippen molar-refractivity contribution in [2.24, 2.45) is 11.8 Å². The third kappa shape index (κ3) is 8.04. The van der Waals surface area contributed by atoms with Gasteiger partial charge in [0.25, 0.3) is 0 Å². The number of carbonyl (C=O) groups is 2. The summed E-state index contributed by atoms with van der Waals surface area (Å²) in [7, 11) is 0. The number of hydrogen-bond donors (Lipinski definition) is 2. The summed E-state index contributed by atoms with van der Waals surface area (Å²) in [5.74, 6) is 1.47. The predicted molar refractivity (Wildman–Crippen MR) is 146 cm³/mol. The van der Waals surface area contributed by atoms with E-state index in [9.17, 15) is 14.7 Å². The molecule has 6 heteroatoms. The van der Waals surface area contributed by atoms with E-state index in [0.717, 1.165) is 71.2 Å². The van der Waals surface area contributed by atoms with Crippen molar-refractivity contribution in [1.82, 2.24) is 15.1 Å². The molecule has 0 radical (unpaired) electrons. The molecule has 0 spiro atoms.